The summed E-state index contributed by atoms with van der Waals surface area (Å²) >= 11 is 0. The van der Waals surface area contributed by atoms with Crippen LogP contribution in [0.25, 0.3) is 0 Å². The lowest BCUT2D eigenvalue weighted by Gasteiger charge is -2.59. The fourth-order valence-corrected chi connectivity index (χ4v) is 5.53. The van der Waals surface area contributed by atoms with E-state index in [1.807, 2.05) is 6.07 Å². The Morgan fingerprint density at radius 2 is 1.96 bits per heavy atom. The molecule has 3 aliphatic carbocycles. The van der Waals surface area contributed by atoms with Gasteiger partial charge in [0.15, 0.2) is 0 Å². The highest BCUT2D eigenvalue weighted by Gasteiger charge is 2.58. The van der Waals surface area contributed by atoms with Crippen molar-refractivity contribution in [3.63, 3.8) is 0 Å². The van der Waals surface area contributed by atoms with Crippen molar-refractivity contribution in [2.24, 2.45) is 5.92 Å². The summed E-state index contributed by atoms with van der Waals surface area (Å²) in [5.41, 5.74) is 1.58. The average Bonchev–Trinajstić information content (AvgIpc) is 2.52. The lowest BCUT2D eigenvalue weighted by molar-refractivity contribution is -0.143. The molecule has 1 unspecified atom stereocenters. The number of fused-ring (bicyclic) bond motifs is 3. The van der Waals surface area contributed by atoms with Gasteiger partial charge in [-0.3, -0.25) is 4.90 Å². The van der Waals surface area contributed by atoms with Crippen molar-refractivity contribution >= 4 is 0 Å². The second-order valence-electron chi connectivity index (χ2n) is 8.73. The molecule has 0 aromatic heterocycles. The van der Waals surface area contributed by atoms with Crippen LogP contribution in [0, 0.1) is 5.92 Å². The second kappa shape index (κ2) is 5.74. The van der Waals surface area contributed by atoms with E-state index in [0.29, 0.717) is 5.75 Å². The van der Waals surface area contributed by atoms with E-state index < -0.39 is 5.60 Å². The van der Waals surface area contributed by atoms with E-state index >= 15 is 0 Å². The van der Waals surface area contributed by atoms with Crippen molar-refractivity contribution in [2.45, 2.75) is 75.3 Å². The van der Waals surface area contributed by atoms with Crippen LogP contribution in [-0.2, 0) is 6.42 Å². The smallest absolute Gasteiger partial charge is 0.115 e. The molecule has 0 saturated heterocycles. The van der Waals surface area contributed by atoms with Gasteiger partial charge in [-0.15, -0.1) is 0 Å². The van der Waals surface area contributed by atoms with Crippen molar-refractivity contribution in [1.82, 2.24) is 4.90 Å². The third-order valence-electron chi connectivity index (χ3n) is 7.45. The van der Waals surface area contributed by atoms with E-state index in [2.05, 4.69) is 24.9 Å². The Bertz CT molecular complexity index is 626. The van der Waals surface area contributed by atoms with Crippen LogP contribution in [0.2, 0.25) is 0 Å². The van der Waals surface area contributed by atoms with E-state index in [9.17, 15) is 10.2 Å². The van der Waals surface area contributed by atoms with Crippen LogP contribution in [0.1, 0.15) is 68.9 Å². The largest absolute Gasteiger partial charge is 0.508 e. The molecular weight excluding hydrogens is 298 g/mol. The van der Waals surface area contributed by atoms with Gasteiger partial charge in [-0.2, -0.15) is 0 Å². The molecule has 0 aliphatic heterocycles. The minimum absolute atomic E-state index is 0.149. The molecule has 3 heteroatoms. The second-order valence-corrected chi connectivity index (χ2v) is 8.73. The lowest BCUT2D eigenvalue weighted by Crippen LogP contribution is -2.68. The van der Waals surface area contributed by atoms with Gasteiger partial charge in [0.1, 0.15) is 5.75 Å². The zero-order valence-electron chi connectivity index (χ0n) is 15.1. The molecule has 1 aromatic carbocycles. The number of likely N-dealkylation sites (N-methyl/N-ethyl adjacent to an activating group) is 1. The monoisotopic (exact) mass is 329 g/mol. The Morgan fingerprint density at radius 1 is 1.17 bits per heavy atom. The normalized spacial score (nSPS) is 36.1. The molecule has 0 bridgehead atoms. The fourth-order valence-electron chi connectivity index (χ4n) is 5.53. The summed E-state index contributed by atoms with van der Waals surface area (Å²) in [6.45, 7) is 3.37. The van der Waals surface area contributed by atoms with Crippen molar-refractivity contribution in [1.29, 1.82) is 0 Å². The van der Waals surface area contributed by atoms with Crippen molar-refractivity contribution in [3.05, 3.63) is 29.3 Å². The van der Waals surface area contributed by atoms with Crippen LogP contribution in [0.3, 0.4) is 0 Å². The zero-order chi connectivity index (χ0) is 16.9. The number of phenols is 1. The van der Waals surface area contributed by atoms with Crippen LogP contribution in [-0.4, -0.2) is 39.8 Å². The maximum absolute atomic E-state index is 11.9. The first-order chi connectivity index (χ1) is 11.4. The summed E-state index contributed by atoms with van der Waals surface area (Å²) in [4.78, 5) is 2.46. The molecular formula is C21H31NO2. The number of nitrogens with zero attached hydrogens (tertiary/aromatic N) is 1. The van der Waals surface area contributed by atoms with Crippen LogP contribution in [0.15, 0.2) is 18.2 Å². The molecule has 132 valence electrons. The van der Waals surface area contributed by atoms with Gasteiger partial charge in [0, 0.05) is 12.5 Å². The van der Waals surface area contributed by atoms with Crippen LogP contribution >= 0.6 is 0 Å². The van der Waals surface area contributed by atoms with Gasteiger partial charge < -0.3 is 10.2 Å². The first-order valence-electron chi connectivity index (χ1n) is 9.69. The van der Waals surface area contributed by atoms with Gasteiger partial charge >= 0.3 is 0 Å². The minimum atomic E-state index is -0.690. The summed E-state index contributed by atoms with van der Waals surface area (Å²) < 4.78 is 0. The molecule has 2 N–H and O–H groups in total. The molecule has 24 heavy (non-hydrogen) atoms. The number of hydrogen-bond acceptors (Lipinski definition) is 3. The standard InChI is InChI=1S/C21H31NO2/c1-20(22(2)14-15-6-5-7-15)13-16-9-10-17(23)12-18(16)19-8-3-4-11-21(19,20)24/h9-10,12,15,19,23-24H,3-8,11,13-14H2,1-2H3/t19?,20-,21-/m0/s1. The number of aromatic hydroxyl groups is 1. The zero-order valence-corrected chi connectivity index (χ0v) is 15.1. The summed E-state index contributed by atoms with van der Waals surface area (Å²) in [7, 11) is 2.22. The Kier molecular flexibility index (Phi) is 3.92. The first kappa shape index (κ1) is 16.4. The maximum Gasteiger partial charge on any atom is 0.115 e. The Labute approximate surface area is 145 Å². The molecule has 4 rings (SSSR count). The maximum atomic E-state index is 11.9. The molecule has 3 atom stereocenters. The summed E-state index contributed by atoms with van der Waals surface area (Å²) in [6.07, 6.45) is 9.10. The highest BCUT2D eigenvalue weighted by molar-refractivity contribution is 5.44. The van der Waals surface area contributed by atoms with Crippen molar-refractivity contribution < 1.29 is 10.2 Å². The third-order valence-corrected chi connectivity index (χ3v) is 7.45. The number of benzene rings is 1. The summed E-state index contributed by atoms with van der Waals surface area (Å²) in [6, 6.07) is 5.79. The molecule has 0 amide bonds. The third kappa shape index (κ3) is 2.32. The van der Waals surface area contributed by atoms with E-state index in [0.717, 1.165) is 38.1 Å². The van der Waals surface area contributed by atoms with Crippen LogP contribution in [0.5, 0.6) is 5.75 Å². The number of rotatable bonds is 3. The molecule has 2 fully saturated rings. The molecule has 0 spiro atoms. The summed E-state index contributed by atoms with van der Waals surface area (Å²) in [5, 5.41) is 21.9. The van der Waals surface area contributed by atoms with E-state index in [4.69, 9.17) is 0 Å². The number of hydrogen-bond donors (Lipinski definition) is 2. The van der Waals surface area contributed by atoms with Crippen molar-refractivity contribution in [3.8, 4) is 5.75 Å². The van der Waals surface area contributed by atoms with Gasteiger partial charge in [-0.25, -0.2) is 0 Å². The number of aliphatic hydroxyl groups is 1. The summed E-state index contributed by atoms with van der Waals surface area (Å²) in [5.74, 6) is 1.28. The SMILES string of the molecule is CN(CC1CCC1)[C@@]1(C)Cc2ccc(O)cc2C2CCCC[C@]21O. The minimum Gasteiger partial charge on any atom is -0.508 e. The molecule has 3 nitrogen and oxygen atoms in total. The quantitative estimate of drug-likeness (QED) is 0.886. The Balaban J connectivity index is 1.74. The van der Waals surface area contributed by atoms with Crippen molar-refractivity contribution in [2.75, 3.05) is 13.6 Å². The van der Waals surface area contributed by atoms with Gasteiger partial charge in [0.2, 0.25) is 0 Å². The first-order valence-corrected chi connectivity index (χ1v) is 9.69. The van der Waals surface area contributed by atoms with Crippen LogP contribution in [0.4, 0.5) is 0 Å². The highest BCUT2D eigenvalue weighted by atomic mass is 16.3. The van der Waals surface area contributed by atoms with E-state index in [1.54, 1.807) is 6.07 Å². The molecule has 0 heterocycles. The predicted molar refractivity (Wildman–Crippen MR) is 96.3 cm³/mol. The Hall–Kier alpha value is -1.06. The van der Waals surface area contributed by atoms with E-state index in [-0.39, 0.29) is 11.5 Å². The molecule has 0 radical (unpaired) electrons. The van der Waals surface area contributed by atoms with Crippen LogP contribution < -0.4 is 0 Å². The lowest BCUT2D eigenvalue weighted by atomic mass is 9.56. The Morgan fingerprint density at radius 3 is 2.67 bits per heavy atom. The van der Waals surface area contributed by atoms with Gasteiger partial charge in [-0.05, 0) is 75.3 Å². The van der Waals surface area contributed by atoms with E-state index in [1.165, 1.54) is 36.8 Å². The molecule has 1 aromatic rings. The average molecular weight is 329 g/mol. The van der Waals surface area contributed by atoms with Gasteiger partial charge in [-0.1, -0.05) is 25.3 Å². The number of phenolic OH excluding ortho intramolecular Hbond substituents is 1. The predicted octanol–water partition coefficient (Wildman–Crippen LogP) is 3.83. The topological polar surface area (TPSA) is 43.7 Å². The van der Waals surface area contributed by atoms with Gasteiger partial charge in [0.05, 0.1) is 11.1 Å². The fraction of sp³-hybridized carbons (Fsp3) is 0.714. The van der Waals surface area contributed by atoms with Gasteiger partial charge in [0.25, 0.3) is 0 Å². The molecule has 3 aliphatic rings. The highest BCUT2D eigenvalue weighted by Crippen LogP contribution is 2.54. The molecule has 2 saturated carbocycles.